The van der Waals surface area contributed by atoms with Crippen molar-refractivity contribution in [1.29, 1.82) is 0 Å². The summed E-state index contributed by atoms with van der Waals surface area (Å²) in [5.41, 5.74) is 5.82. The van der Waals surface area contributed by atoms with E-state index in [0.29, 0.717) is 0 Å². The van der Waals surface area contributed by atoms with Gasteiger partial charge in [-0.25, -0.2) is 0 Å². The van der Waals surface area contributed by atoms with Crippen LogP contribution in [0.5, 0.6) is 0 Å². The maximum Gasteiger partial charge on any atom is 0.282 e. The Labute approximate surface area is 122 Å². The fourth-order valence-corrected chi connectivity index (χ4v) is 2.86. The van der Waals surface area contributed by atoms with Gasteiger partial charge >= 0.3 is 0 Å². The van der Waals surface area contributed by atoms with Crippen LogP contribution >= 0.6 is 0 Å². The topological polar surface area (TPSA) is 92.7 Å². The molecule has 7 nitrogen and oxygen atoms in total. The number of anilines is 1. The number of piperazine rings is 1. The number of carbonyl (C=O) groups excluding carboxylic acids is 1. The van der Waals surface area contributed by atoms with E-state index in [1.54, 1.807) is 6.07 Å². The lowest BCUT2D eigenvalue weighted by Crippen LogP contribution is -2.47. The number of amides is 1. The van der Waals surface area contributed by atoms with Crippen molar-refractivity contribution in [3.63, 3.8) is 0 Å². The van der Waals surface area contributed by atoms with Crippen molar-refractivity contribution in [1.82, 2.24) is 4.90 Å². The lowest BCUT2D eigenvalue weighted by molar-refractivity contribution is -0.385. The molecule has 2 aliphatic rings. The number of primary amides is 1. The van der Waals surface area contributed by atoms with E-state index in [1.165, 1.54) is 25.0 Å². The molecule has 0 aromatic heterocycles. The molecule has 1 aliphatic carbocycles. The molecule has 3 rings (SSSR count). The maximum absolute atomic E-state index is 11.4. The van der Waals surface area contributed by atoms with Gasteiger partial charge in [0.2, 0.25) is 0 Å². The molecule has 112 valence electrons. The molecule has 0 bridgehead atoms. The van der Waals surface area contributed by atoms with Gasteiger partial charge in [-0.05, 0) is 25.0 Å². The Morgan fingerprint density at radius 1 is 1.24 bits per heavy atom. The summed E-state index contributed by atoms with van der Waals surface area (Å²) in [5, 5.41) is 10.9. The average molecular weight is 290 g/mol. The standard InChI is InChI=1S/C14H18N4O3/c15-14(19)12-9-11(3-4-13(12)18(20)21)17-7-5-16(6-8-17)10-1-2-10/h3-4,9-10H,1-2,5-8H2,(H2,15,19). The first-order valence-corrected chi connectivity index (χ1v) is 7.13. The van der Waals surface area contributed by atoms with Crippen LogP contribution in [0.3, 0.4) is 0 Å². The number of nitro groups is 1. The molecule has 0 atom stereocenters. The minimum absolute atomic E-state index is 0.0258. The summed E-state index contributed by atoms with van der Waals surface area (Å²) in [5.74, 6) is -0.764. The highest BCUT2D eigenvalue weighted by molar-refractivity contribution is 5.98. The summed E-state index contributed by atoms with van der Waals surface area (Å²) in [6, 6.07) is 5.35. The molecule has 2 N–H and O–H groups in total. The number of hydrogen-bond donors (Lipinski definition) is 1. The van der Waals surface area contributed by atoms with Gasteiger partial charge in [0, 0.05) is 44.0 Å². The molecule has 1 aliphatic heterocycles. The van der Waals surface area contributed by atoms with E-state index in [1.807, 2.05) is 0 Å². The van der Waals surface area contributed by atoms with E-state index in [9.17, 15) is 14.9 Å². The van der Waals surface area contributed by atoms with E-state index < -0.39 is 10.8 Å². The van der Waals surface area contributed by atoms with Crippen LogP contribution in [0.25, 0.3) is 0 Å². The van der Waals surface area contributed by atoms with E-state index in [0.717, 1.165) is 37.9 Å². The summed E-state index contributed by atoms with van der Waals surface area (Å²) in [7, 11) is 0. The fraction of sp³-hybridized carbons (Fsp3) is 0.500. The van der Waals surface area contributed by atoms with Crippen molar-refractivity contribution >= 4 is 17.3 Å². The second-order valence-electron chi connectivity index (χ2n) is 5.58. The number of nitrogens with zero attached hydrogens (tertiary/aromatic N) is 3. The molecular weight excluding hydrogens is 272 g/mol. The number of nitrogens with two attached hydrogens (primary N) is 1. The van der Waals surface area contributed by atoms with Gasteiger partial charge in [0.1, 0.15) is 5.56 Å². The molecule has 2 fully saturated rings. The highest BCUT2D eigenvalue weighted by Crippen LogP contribution is 2.30. The minimum atomic E-state index is -0.764. The summed E-state index contributed by atoms with van der Waals surface area (Å²) >= 11 is 0. The first kappa shape index (κ1) is 13.8. The van der Waals surface area contributed by atoms with Crippen molar-refractivity contribution in [2.45, 2.75) is 18.9 Å². The summed E-state index contributed by atoms with van der Waals surface area (Å²) in [6.07, 6.45) is 2.59. The molecule has 1 amide bonds. The quantitative estimate of drug-likeness (QED) is 0.659. The number of nitro benzene ring substituents is 1. The Morgan fingerprint density at radius 3 is 2.43 bits per heavy atom. The molecule has 7 heteroatoms. The SMILES string of the molecule is NC(=O)c1cc(N2CCN(C3CC3)CC2)ccc1[N+](=O)[O-]. The van der Waals surface area contributed by atoms with Crippen LogP contribution in [0, 0.1) is 10.1 Å². The number of rotatable bonds is 4. The van der Waals surface area contributed by atoms with Crippen LogP contribution in [0.1, 0.15) is 23.2 Å². The summed E-state index contributed by atoms with van der Waals surface area (Å²) < 4.78 is 0. The molecule has 1 saturated carbocycles. The Morgan fingerprint density at radius 2 is 1.90 bits per heavy atom. The van der Waals surface area contributed by atoms with Gasteiger partial charge in [0.25, 0.3) is 11.6 Å². The first-order chi connectivity index (χ1) is 10.1. The van der Waals surface area contributed by atoms with Crippen LogP contribution in [0.2, 0.25) is 0 Å². The minimum Gasteiger partial charge on any atom is -0.369 e. The molecule has 1 aromatic rings. The van der Waals surface area contributed by atoms with Crippen LogP contribution in [-0.2, 0) is 0 Å². The summed E-state index contributed by atoms with van der Waals surface area (Å²) in [6.45, 7) is 3.72. The second kappa shape index (κ2) is 5.33. The number of carbonyl (C=O) groups is 1. The molecule has 21 heavy (non-hydrogen) atoms. The molecule has 0 spiro atoms. The lowest BCUT2D eigenvalue weighted by Gasteiger charge is -2.36. The second-order valence-corrected chi connectivity index (χ2v) is 5.58. The normalized spacial score (nSPS) is 19.5. The van der Waals surface area contributed by atoms with Crippen molar-refractivity contribution in [3.05, 3.63) is 33.9 Å². The predicted molar refractivity (Wildman–Crippen MR) is 78.4 cm³/mol. The van der Waals surface area contributed by atoms with Gasteiger partial charge in [0.05, 0.1) is 4.92 Å². The third-order valence-electron chi connectivity index (χ3n) is 4.18. The van der Waals surface area contributed by atoms with Gasteiger partial charge in [-0.3, -0.25) is 19.8 Å². The Kier molecular flexibility index (Phi) is 3.50. The van der Waals surface area contributed by atoms with Gasteiger partial charge in [0.15, 0.2) is 0 Å². The van der Waals surface area contributed by atoms with Crippen molar-refractivity contribution in [3.8, 4) is 0 Å². The van der Waals surface area contributed by atoms with Crippen LogP contribution in [-0.4, -0.2) is 48.0 Å². The average Bonchev–Trinajstić information content (AvgIpc) is 3.31. The highest BCUT2D eigenvalue weighted by atomic mass is 16.6. The monoisotopic (exact) mass is 290 g/mol. The van der Waals surface area contributed by atoms with Gasteiger partial charge in [-0.15, -0.1) is 0 Å². The smallest absolute Gasteiger partial charge is 0.282 e. The van der Waals surface area contributed by atoms with E-state index in [2.05, 4.69) is 9.80 Å². The molecule has 0 unspecified atom stereocenters. The summed E-state index contributed by atoms with van der Waals surface area (Å²) in [4.78, 5) is 26.4. The fourth-order valence-electron chi connectivity index (χ4n) is 2.86. The molecular formula is C14H18N4O3. The van der Waals surface area contributed by atoms with E-state index >= 15 is 0 Å². The van der Waals surface area contributed by atoms with Gasteiger partial charge < -0.3 is 10.6 Å². The number of hydrogen-bond acceptors (Lipinski definition) is 5. The van der Waals surface area contributed by atoms with Crippen molar-refractivity contribution in [2.75, 3.05) is 31.1 Å². The van der Waals surface area contributed by atoms with Crippen molar-refractivity contribution in [2.24, 2.45) is 5.73 Å². The third kappa shape index (κ3) is 2.82. The largest absolute Gasteiger partial charge is 0.369 e. The van der Waals surface area contributed by atoms with Gasteiger partial charge in [-0.1, -0.05) is 0 Å². The Bertz CT molecular complexity index is 578. The Hall–Kier alpha value is -2.15. The highest BCUT2D eigenvalue weighted by Gasteiger charge is 2.31. The van der Waals surface area contributed by atoms with Crippen LogP contribution in [0.4, 0.5) is 11.4 Å². The lowest BCUT2D eigenvalue weighted by atomic mass is 10.1. The molecule has 1 heterocycles. The van der Waals surface area contributed by atoms with Gasteiger partial charge in [-0.2, -0.15) is 0 Å². The zero-order valence-electron chi connectivity index (χ0n) is 11.7. The third-order valence-corrected chi connectivity index (χ3v) is 4.18. The van der Waals surface area contributed by atoms with Crippen LogP contribution in [0.15, 0.2) is 18.2 Å². The molecule has 1 saturated heterocycles. The van der Waals surface area contributed by atoms with Crippen molar-refractivity contribution < 1.29 is 9.72 Å². The molecule has 0 radical (unpaired) electrons. The van der Waals surface area contributed by atoms with E-state index in [-0.39, 0.29) is 11.3 Å². The first-order valence-electron chi connectivity index (χ1n) is 7.13. The Balaban J connectivity index is 1.77. The maximum atomic E-state index is 11.4. The van der Waals surface area contributed by atoms with E-state index in [4.69, 9.17) is 5.73 Å². The number of benzene rings is 1. The van der Waals surface area contributed by atoms with Crippen LogP contribution < -0.4 is 10.6 Å². The predicted octanol–water partition coefficient (Wildman–Crippen LogP) is 0.978. The zero-order valence-corrected chi connectivity index (χ0v) is 11.7. The zero-order chi connectivity index (χ0) is 15.0. The molecule has 1 aromatic carbocycles.